The predicted molar refractivity (Wildman–Crippen MR) is 97.9 cm³/mol. The quantitative estimate of drug-likeness (QED) is 0.783. The number of amides is 1. The third-order valence-electron chi connectivity index (χ3n) is 4.18. The van der Waals surface area contributed by atoms with Crippen molar-refractivity contribution in [2.24, 2.45) is 0 Å². The number of aromatic nitrogens is 2. The Bertz CT molecular complexity index is 691. The minimum Gasteiger partial charge on any atom is -0.343 e. The molecule has 0 unspecified atom stereocenters. The number of halogens is 1. The lowest BCUT2D eigenvalue weighted by atomic mass is 10.1. The number of benzene rings is 1. The molecule has 5 nitrogen and oxygen atoms in total. The van der Waals surface area contributed by atoms with Crippen molar-refractivity contribution in [2.75, 3.05) is 24.5 Å². The number of piperazine rings is 1. The van der Waals surface area contributed by atoms with Gasteiger partial charge in [-0.25, -0.2) is 4.98 Å². The topological polar surface area (TPSA) is 49.3 Å². The Morgan fingerprint density at radius 1 is 1.38 bits per heavy atom. The summed E-state index contributed by atoms with van der Waals surface area (Å²) in [4.78, 5) is 20.9. The average molecular weight is 365 g/mol. The molecule has 0 radical (unpaired) electrons. The molecule has 128 valence electrons. The fourth-order valence-corrected chi connectivity index (χ4v) is 3.76. The van der Waals surface area contributed by atoms with E-state index in [1.54, 1.807) is 6.92 Å². The molecule has 1 aliphatic rings. The highest BCUT2D eigenvalue weighted by molar-refractivity contribution is 7.09. The van der Waals surface area contributed by atoms with Crippen molar-refractivity contribution in [1.82, 2.24) is 14.3 Å². The van der Waals surface area contributed by atoms with E-state index in [-0.39, 0.29) is 11.9 Å². The Balaban J connectivity index is 1.63. The lowest BCUT2D eigenvalue weighted by Crippen LogP contribution is -2.55. The minimum atomic E-state index is -0.474. The predicted octanol–water partition coefficient (Wildman–Crippen LogP) is 2.79. The normalized spacial score (nSPS) is 19.4. The molecule has 0 aliphatic carbocycles. The van der Waals surface area contributed by atoms with Gasteiger partial charge in [0, 0.05) is 43.6 Å². The van der Waals surface area contributed by atoms with Crippen LogP contribution >= 0.6 is 23.1 Å². The second-order valence-electron chi connectivity index (χ2n) is 6.10. The molecule has 2 atom stereocenters. The number of rotatable bonds is 4. The molecule has 1 aromatic heterocycles. The molecule has 0 saturated carbocycles. The van der Waals surface area contributed by atoms with Crippen molar-refractivity contribution in [3.05, 3.63) is 41.7 Å². The fraction of sp³-hybridized carbons (Fsp3) is 0.471. The van der Waals surface area contributed by atoms with Crippen molar-refractivity contribution in [3.63, 3.8) is 0 Å². The van der Waals surface area contributed by atoms with Gasteiger partial charge in [-0.1, -0.05) is 30.3 Å². The molecular formula is C17H21ClN4OS. The van der Waals surface area contributed by atoms with E-state index in [4.69, 9.17) is 11.6 Å². The van der Waals surface area contributed by atoms with Crippen LogP contribution in [0.5, 0.6) is 0 Å². The molecule has 2 heterocycles. The van der Waals surface area contributed by atoms with E-state index in [0.29, 0.717) is 6.54 Å². The summed E-state index contributed by atoms with van der Waals surface area (Å²) in [6.45, 7) is 5.97. The summed E-state index contributed by atoms with van der Waals surface area (Å²) >= 11 is 7.36. The van der Waals surface area contributed by atoms with Gasteiger partial charge in [0.25, 0.3) is 0 Å². The molecule has 1 aliphatic heterocycles. The highest BCUT2D eigenvalue weighted by Gasteiger charge is 2.30. The number of hydrogen-bond acceptors (Lipinski definition) is 5. The van der Waals surface area contributed by atoms with Crippen LogP contribution in [0.15, 0.2) is 30.3 Å². The standard InChI is InChI=1S/C17H21ClN4OS/c1-12-11-21(8-9-22(12)16(23)13(2)18)17-19-15(20-24-17)10-14-6-4-3-5-7-14/h3-7,12-13H,8-11H2,1-2H3/t12-,13-/m1/s1. The second-order valence-corrected chi connectivity index (χ2v) is 7.48. The molecule has 1 saturated heterocycles. The van der Waals surface area contributed by atoms with Crippen LogP contribution in [0.25, 0.3) is 0 Å². The van der Waals surface area contributed by atoms with Gasteiger partial charge in [-0.05, 0) is 19.4 Å². The van der Waals surface area contributed by atoms with Crippen molar-refractivity contribution in [3.8, 4) is 0 Å². The third-order valence-corrected chi connectivity index (χ3v) is 5.19. The van der Waals surface area contributed by atoms with Crippen molar-refractivity contribution >= 4 is 34.2 Å². The molecule has 1 aromatic carbocycles. The number of hydrogen-bond donors (Lipinski definition) is 0. The Morgan fingerprint density at radius 2 is 2.12 bits per heavy atom. The number of alkyl halides is 1. The van der Waals surface area contributed by atoms with E-state index in [2.05, 4.69) is 33.3 Å². The zero-order valence-electron chi connectivity index (χ0n) is 13.9. The summed E-state index contributed by atoms with van der Waals surface area (Å²) in [7, 11) is 0. The van der Waals surface area contributed by atoms with Crippen LogP contribution < -0.4 is 4.90 Å². The monoisotopic (exact) mass is 364 g/mol. The van der Waals surface area contributed by atoms with Crippen LogP contribution in [-0.2, 0) is 11.2 Å². The van der Waals surface area contributed by atoms with E-state index in [1.807, 2.05) is 23.1 Å². The molecule has 1 amide bonds. The summed E-state index contributed by atoms with van der Waals surface area (Å²) < 4.78 is 4.48. The largest absolute Gasteiger partial charge is 0.343 e. The highest BCUT2D eigenvalue weighted by atomic mass is 35.5. The van der Waals surface area contributed by atoms with Crippen LogP contribution in [-0.4, -0.2) is 51.2 Å². The van der Waals surface area contributed by atoms with Gasteiger partial charge < -0.3 is 9.80 Å². The SMILES string of the molecule is C[C@@H]1CN(c2nc(Cc3ccccc3)ns2)CCN1C(=O)[C@@H](C)Cl. The zero-order valence-corrected chi connectivity index (χ0v) is 15.4. The van der Waals surface area contributed by atoms with Gasteiger partial charge in [0.05, 0.1) is 0 Å². The molecule has 1 fully saturated rings. The third kappa shape index (κ3) is 3.87. The van der Waals surface area contributed by atoms with Gasteiger partial charge in [-0.15, -0.1) is 11.6 Å². The number of nitrogens with zero attached hydrogens (tertiary/aromatic N) is 4. The summed E-state index contributed by atoms with van der Waals surface area (Å²) in [5.74, 6) is 0.854. The minimum absolute atomic E-state index is 0.00541. The van der Waals surface area contributed by atoms with Crippen molar-refractivity contribution < 1.29 is 4.79 Å². The molecule has 7 heteroatoms. The van der Waals surface area contributed by atoms with Crippen LogP contribution in [0, 0.1) is 0 Å². The van der Waals surface area contributed by atoms with Gasteiger partial charge in [0.2, 0.25) is 11.0 Å². The van der Waals surface area contributed by atoms with Crippen LogP contribution in [0.3, 0.4) is 0 Å². The van der Waals surface area contributed by atoms with Gasteiger partial charge in [0.1, 0.15) is 11.2 Å². The molecule has 0 bridgehead atoms. The zero-order chi connectivity index (χ0) is 17.1. The van der Waals surface area contributed by atoms with E-state index in [9.17, 15) is 4.79 Å². The van der Waals surface area contributed by atoms with E-state index in [1.165, 1.54) is 17.1 Å². The molecular weight excluding hydrogens is 344 g/mol. The van der Waals surface area contributed by atoms with E-state index >= 15 is 0 Å². The molecule has 3 rings (SSSR count). The molecule has 0 spiro atoms. The van der Waals surface area contributed by atoms with Crippen LogP contribution in [0.4, 0.5) is 5.13 Å². The summed E-state index contributed by atoms with van der Waals surface area (Å²) in [5.41, 5.74) is 1.21. The number of carbonyl (C=O) groups is 1. The van der Waals surface area contributed by atoms with E-state index < -0.39 is 5.38 Å². The first-order chi connectivity index (χ1) is 11.5. The summed E-state index contributed by atoms with van der Waals surface area (Å²) in [6, 6.07) is 10.3. The smallest absolute Gasteiger partial charge is 0.240 e. The first-order valence-electron chi connectivity index (χ1n) is 8.10. The molecule has 0 N–H and O–H groups in total. The maximum atomic E-state index is 12.1. The lowest BCUT2D eigenvalue weighted by Gasteiger charge is -2.40. The van der Waals surface area contributed by atoms with Gasteiger partial charge in [-0.2, -0.15) is 4.37 Å². The van der Waals surface area contributed by atoms with Crippen LogP contribution in [0.2, 0.25) is 0 Å². The number of anilines is 1. The van der Waals surface area contributed by atoms with Gasteiger partial charge >= 0.3 is 0 Å². The van der Waals surface area contributed by atoms with Gasteiger partial charge in [0.15, 0.2) is 0 Å². The summed E-state index contributed by atoms with van der Waals surface area (Å²) in [5, 5.41) is 0.455. The Morgan fingerprint density at radius 3 is 2.79 bits per heavy atom. The lowest BCUT2D eigenvalue weighted by molar-refractivity contribution is -0.132. The average Bonchev–Trinajstić information content (AvgIpc) is 3.03. The first kappa shape index (κ1) is 17.2. The van der Waals surface area contributed by atoms with Crippen LogP contribution in [0.1, 0.15) is 25.2 Å². The molecule has 24 heavy (non-hydrogen) atoms. The Labute approximate surface area is 151 Å². The van der Waals surface area contributed by atoms with E-state index in [0.717, 1.165) is 30.5 Å². The van der Waals surface area contributed by atoms with Crippen molar-refractivity contribution in [2.45, 2.75) is 31.7 Å². The molecule has 2 aromatic rings. The maximum Gasteiger partial charge on any atom is 0.240 e. The maximum absolute atomic E-state index is 12.1. The van der Waals surface area contributed by atoms with Crippen molar-refractivity contribution in [1.29, 1.82) is 0 Å². The Kier molecular flexibility index (Phi) is 5.36. The van der Waals surface area contributed by atoms with Gasteiger partial charge in [-0.3, -0.25) is 4.79 Å². The summed E-state index contributed by atoms with van der Waals surface area (Å²) in [6.07, 6.45) is 0.745. The second kappa shape index (κ2) is 7.49. The Hall–Kier alpha value is -1.66. The fourth-order valence-electron chi connectivity index (χ4n) is 2.91. The highest BCUT2D eigenvalue weighted by Crippen LogP contribution is 2.23. The first-order valence-corrected chi connectivity index (χ1v) is 9.31. The number of carbonyl (C=O) groups excluding carboxylic acids is 1.